The molecular formula is C22H20Cl2N4O5. The van der Waals surface area contributed by atoms with Gasteiger partial charge in [0.2, 0.25) is 0 Å². The van der Waals surface area contributed by atoms with Gasteiger partial charge in [-0.2, -0.15) is 9.78 Å². The molecule has 0 saturated carbocycles. The summed E-state index contributed by atoms with van der Waals surface area (Å²) in [4.78, 5) is 39.9. The second-order valence-electron chi connectivity index (χ2n) is 7.85. The summed E-state index contributed by atoms with van der Waals surface area (Å²) < 4.78 is 6.75. The van der Waals surface area contributed by atoms with Crippen LogP contribution in [-0.2, 0) is 0 Å². The van der Waals surface area contributed by atoms with Crippen molar-refractivity contribution in [3.63, 3.8) is 0 Å². The zero-order chi connectivity index (χ0) is 23.7. The fourth-order valence-corrected chi connectivity index (χ4v) is 4.11. The smallest absolute Gasteiger partial charge is 0.349 e. The standard InChI is InChI=1S/C22H20Cl2N4O5/c1-12-4-6-27(7-5-12)21(31)15-10-14(2-3-18(15)29)33-20-16(23)8-13(9-17(20)24)28-22(32)26-19(30)11-25-28/h2-3,8-12,29H,4-7H2,1H3,(H,26,30,32). The lowest BCUT2D eigenvalue weighted by molar-refractivity contribution is 0.0694. The zero-order valence-electron chi connectivity index (χ0n) is 17.5. The Labute approximate surface area is 198 Å². The van der Waals surface area contributed by atoms with Crippen molar-refractivity contribution in [2.24, 2.45) is 5.92 Å². The number of carbonyl (C=O) groups is 1. The van der Waals surface area contributed by atoms with Crippen molar-refractivity contribution in [3.8, 4) is 22.9 Å². The molecule has 1 aliphatic rings. The summed E-state index contributed by atoms with van der Waals surface area (Å²) in [7, 11) is 0. The highest BCUT2D eigenvalue weighted by Crippen LogP contribution is 2.39. The van der Waals surface area contributed by atoms with Crippen LogP contribution in [0, 0.1) is 5.92 Å². The number of phenolic OH excluding ortho intramolecular Hbond substituents is 1. The molecule has 0 spiro atoms. The van der Waals surface area contributed by atoms with E-state index in [2.05, 4.69) is 17.0 Å². The van der Waals surface area contributed by atoms with E-state index >= 15 is 0 Å². The molecule has 4 rings (SSSR count). The monoisotopic (exact) mass is 490 g/mol. The average molecular weight is 491 g/mol. The molecule has 0 unspecified atom stereocenters. The molecule has 0 radical (unpaired) electrons. The summed E-state index contributed by atoms with van der Waals surface area (Å²) in [6, 6.07) is 7.09. The fourth-order valence-electron chi connectivity index (χ4n) is 3.55. The summed E-state index contributed by atoms with van der Waals surface area (Å²) in [6.45, 7) is 3.40. The zero-order valence-corrected chi connectivity index (χ0v) is 19.1. The second-order valence-corrected chi connectivity index (χ2v) is 8.66. The van der Waals surface area contributed by atoms with Gasteiger partial charge >= 0.3 is 5.69 Å². The quantitative estimate of drug-likeness (QED) is 0.576. The highest BCUT2D eigenvalue weighted by molar-refractivity contribution is 6.37. The normalized spacial score (nSPS) is 14.3. The lowest BCUT2D eigenvalue weighted by atomic mass is 9.98. The number of rotatable bonds is 4. The van der Waals surface area contributed by atoms with Crippen LogP contribution >= 0.6 is 23.2 Å². The minimum atomic E-state index is -0.753. The summed E-state index contributed by atoms with van der Waals surface area (Å²) in [6.07, 6.45) is 2.77. The van der Waals surface area contributed by atoms with E-state index in [1.54, 1.807) is 4.90 Å². The Balaban J connectivity index is 1.61. The van der Waals surface area contributed by atoms with Gasteiger partial charge in [-0.3, -0.25) is 14.6 Å². The van der Waals surface area contributed by atoms with Crippen LogP contribution in [0.25, 0.3) is 5.69 Å². The van der Waals surface area contributed by atoms with Crippen LogP contribution in [-0.4, -0.2) is 43.8 Å². The molecule has 2 aromatic carbocycles. The van der Waals surface area contributed by atoms with E-state index in [0.717, 1.165) is 23.7 Å². The lowest BCUT2D eigenvalue weighted by Gasteiger charge is -2.30. The lowest BCUT2D eigenvalue weighted by Crippen LogP contribution is -2.37. The summed E-state index contributed by atoms with van der Waals surface area (Å²) >= 11 is 12.7. The van der Waals surface area contributed by atoms with Gasteiger partial charge in [0.25, 0.3) is 11.5 Å². The van der Waals surface area contributed by atoms with Gasteiger partial charge in [-0.15, -0.1) is 0 Å². The van der Waals surface area contributed by atoms with Gasteiger partial charge in [0.15, 0.2) is 5.75 Å². The minimum Gasteiger partial charge on any atom is -0.507 e. The number of halogens is 2. The number of hydrogen-bond acceptors (Lipinski definition) is 6. The number of phenols is 1. The first kappa shape index (κ1) is 22.9. The maximum atomic E-state index is 12.9. The van der Waals surface area contributed by atoms with Crippen LogP contribution in [0.2, 0.25) is 10.0 Å². The third-order valence-corrected chi connectivity index (χ3v) is 5.99. The van der Waals surface area contributed by atoms with Crippen LogP contribution in [0.5, 0.6) is 17.2 Å². The number of aromatic amines is 1. The summed E-state index contributed by atoms with van der Waals surface area (Å²) in [5.41, 5.74) is -1.04. The number of likely N-dealkylation sites (tertiary alicyclic amines) is 1. The molecule has 9 nitrogen and oxygen atoms in total. The Morgan fingerprint density at radius 2 is 1.82 bits per heavy atom. The number of aromatic nitrogens is 3. The summed E-state index contributed by atoms with van der Waals surface area (Å²) in [5.74, 6) is 0.475. The Morgan fingerprint density at radius 1 is 1.15 bits per heavy atom. The third kappa shape index (κ3) is 4.89. The van der Waals surface area contributed by atoms with Crippen molar-refractivity contribution < 1.29 is 14.6 Å². The molecule has 1 saturated heterocycles. The predicted octanol–water partition coefficient (Wildman–Crippen LogP) is 3.60. The van der Waals surface area contributed by atoms with Crippen molar-refractivity contribution in [1.82, 2.24) is 19.7 Å². The Kier molecular flexibility index (Phi) is 6.44. The number of hydrogen-bond donors (Lipinski definition) is 2. The second kappa shape index (κ2) is 9.29. The van der Waals surface area contributed by atoms with Crippen LogP contribution in [0.1, 0.15) is 30.1 Å². The molecule has 0 atom stereocenters. The molecule has 0 aliphatic carbocycles. The van der Waals surface area contributed by atoms with Crippen LogP contribution in [0.3, 0.4) is 0 Å². The Bertz CT molecular complexity index is 1310. The highest BCUT2D eigenvalue weighted by atomic mass is 35.5. The van der Waals surface area contributed by atoms with Gasteiger partial charge in [0.05, 0.1) is 21.3 Å². The molecule has 2 N–H and O–H groups in total. The average Bonchev–Trinajstić information content (AvgIpc) is 2.77. The molecule has 2 heterocycles. The third-order valence-electron chi connectivity index (χ3n) is 5.43. The topological polar surface area (TPSA) is 118 Å². The van der Waals surface area contributed by atoms with Gasteiger partial charge in [0, 0.05) is 13.1 Å². The van der Waals surface area contributed by atoms with Crippen molar-refractivity contribution >= 4 is 29.1 Å². The molecule has 1 aliphatic heterocycles. The number of aromatic hydroxyl groups is 1. The minimum absolute atomic E-state index is 0.0726. The van der Waals surface area contributed by atoms with E-state index in [0.29, 0.717) is 19.0 Å². The molecule has 1 amide bonds. The summed E-state index contributed by atoms with van der Waals surface area (Å²) in [5, 5.41) is 14.2. The van der Waals surface area contributed by atoms with E-state index < -0.39 is 11.2 Å². The van der Waals surface area contributed by atoms with Crippen molar-refractivity contribution in [1.29, 1.82) is 0 Å². The molecular weight excluding hydrogens is 471 g/mol. The maximum Gasteiger partial charge on any atom is 0.349 e. The number of nitrogens with one attached hydrogen (secondary N) is 1. The van der Waals surface area contributed by atoms with E-state index in [4.69, 9.17) is 27.9 Å². The number of amides is 1. The van der Waals surface area contributed by atoms with Crippen LogP contribution in [0.4, 0.5) is 0 Å². The number of ether oxygens (including phenoxy) is 1. The van der Waals surface area contributed by atoms with Crippen molar-refractivity contribution in [2.45, 2.75) is 19.8 Å². The molecule has 1 aromatic heterocycles. The van der Waals surface area contributed by atoms with Gasteiger partial charge in [-0.05, 0) is 49.1 Å². The first-order valence-corrected chi connectivity index (χ1v) is 11.0. The van der Waals surface area contributed by atoms with Crippen LogP contribution < -0.4 is 16.0 Å². The van der Waals surface area contributed by atoms with E-state index in [-0.39, 0.29) is 44.5 Å². The molecule has 33 heavy (non-hydrogen) atoms. The first-order chi connectivity index (χ1) is 15.7. The Morgan fingerprint density at radius 3 is 2.45 bits per heavy atom. The van der Waals surface area contributed by atoms with Gasteiger partial charge < -0.3 is 14.7 Å². The van der Waals surface area contributed by atoms with Crippen molar-refractivity contribution in [2.75, 3.05) is 13.1 Å². The number of nitrogens with zero attached hydrogens (tertiary/aromatic N) is 3. The molecule has 3 aromatic rings. The van der Waals surface area contributed by atoms with Crippen molar-refractivity contribution in [3.05, 3.63) is 73.0 Å². The molecule has 172 valence electrons. The van der Waals surface area contributed by atoms with E-state index in [1.165, 1.54) is 30.3 Å². The Hall–Kier alpha value is -3.30. The van der Waals surface area contributed by atoms with Gasteiger partial charge in [0.1, 0.15) is 17.7 Å². The van der Waals surface area contributed by atoms with Gasteiger partial charge in [-0.25, -0.2) is 4.79 Å². The molecule has 1 fully saturated rings. The van der Waals surface area contributed by atoms with E-state index in [1.807, 2.05) is 0 Å². The van der Waals surface area contributed by atoms with E-state index in [9.17, 15) is 19.5 Å². The molecule has 0 bridgehead atoms. The SMILES string of the molecule is CC1CCN(C(=O)c2cc(Oc3c(Cl)cc(-n4ncc(=O)[nH]c4=O)cc3Cl)ccc2O)CC1. The fraction of sp³-hybridized carbons (Fsp3) is 0.273. The first-order valence-electron chi connectivity index (χ1n) is 10.2. The molecule has 11 heteroatoms. The highest BCUT2D eigenvalue weighted by Gasteiger charge is 2.24. The van der Waals surface area contributed by atoms with Crippen LogP contribution in [0.15, 0.2) is 46.1 Å². The number of benzene rings is 2. The maximum absolute atomic E-state index is 12.9. The number of piperidine rings is 1. The predicted molar refractivity (Wildman–Crippen MR) is 123 cm³/mol. The number of carbonyl (C=O) groups excluding carboxylic acids is 1. The van der Waals surface area contributed by atoms with Gasteiger partial charge in [-0.1, -0.05) is 30.1 Å². The number of H-pyrrole nitrogens is 1. The largest absolute Gasteiger partial charge is 0.507 e.